The molecule has 2 aliphatic carbocycles. The molecule has 10 aliphatic heterocycles. The summed E-state index contributed by atoms with van der Waals surface area (Å²) in [6, 6.07) is 101. The first kappa shape index (κ1) is 99.7. The summed E-state index contributed by atoms with van der Waals surface area (Å²) in [6.45, 7) is 14.9. The number of fused-ring (bicyclic) bond motifs is 4. The van der Waals surface area contributed by atoms with Crippen LogP contribution in [-0.4, -0.2) is 175 Å². The summed E-state index contributed by atoms with van der Waals surface area (Å²) in [5, 5.41) is -1.09. The molecule has 20 atom stereocenters. The van der Waals surface area contributed by atoms with E-state index in [1.54, 1.807) is 0 Å². The van der Waals surface area contributed by atoms with Gasteiger partial charge in [0.05, 0.1) is 79.0 Å². The summed E-state index contributed by atoms with van der Waals surface area (Å²) in [6.07, 6.45) is -4.23. The zero-order valence-electron chi connectivity index (χ0n) is 81.3. The topological polar surface area (TPSA) is 309 Å². The number of rotatable bonds is 28. The standard InChI is InChI=1S/C29H29O6S2.2C29H27O6S.C28H27O7S2/c1-18-13-23(36(21-9-5-3-6-10-21)22-11-7-4-8-12-22)14-19(2)27(18)33-17-26(30)34-28-20-15-24-25(16-20)37(31,32)35-29(24)28;2*1-17-13-21(36(19-9-5-3-6-10-19)20-11-7-4-8-12-20)14-18(2)25(17)32-16-24(30)34-27-23-15-22-26(33-23)28(27)35-29(22)31;1-17-13-21(36(19-9-5-3-6-10-19)20-11-7-4-8-12-20)14-18(2)25(17)32-16-24(29)34-26-22-15-23-27(33-22)28(26)35-37(23,30)31/h3-14,20,24-25,28-29H,15-17H2,1-2H3;2*3-14,22-23,26-28H,15-16H2,1-2H3;3-14,22-23,26-28H,15-16H2,1-2H3/q4*+1. The maximum absolute atomic E-state index is 12.7. The fraction of sp³-hybridized carbons (Fsp3) is 0.322. The second-order valence-corrected chi connectivity index (χ2v) is 50.1. The zero-order valence-corrected chi connectivity index (χ0v) is 86.2. The van der Waals surface area contributed by atoms with Crippen molar-refractivity contribution < 1.29 is 116 Å². The third-order valence-electron chi connectivity index (χ3n) is 28.7. The molecule has 24 rings (SSSR count). The molecule has 0 spiro atoms. The van der Waals surface area contributed by atoms with E-state index in [0.29, 0.717) is 42.3 Å². The number of esters is 6. The van der Waals surface area contributed by atoms with Gasteiger partial charge in [-0.15, -0.1) is 0 Å². The number of ether oxygens (including phenoxy) is 13. The molecule has 0 amide bonds. The molecule has 10 heterocycles. The summed E-state index contributed by atoms with van der Waals surface area (Å²) >= 11 is 0. The van der Waals surface area contributed by atoms with Crippen LogP contribution in [0.5, 0.6) is 23.0 Å². The minimum atomic E-state index is -3.66. The first-order chi connectivity index (χ1) is 70.6. The second-order valence-electron chi connectivity index (χ2n) is 38.5. The Morgan fingerprint density at radius 3 is 0.795 bits per heavy atom. The highest BCUT2D eigenvalue weighted by Gasteiger charge is 2.70. The van der Waals surface area contributed by atoms with Gasteiger partial charge in [-0.2, -0.15) is 16.8 Å². The van der Waals surface area contributed by atoms with Crippen LogP contribution in [0.4, 0.5) is 0 Å². The summed E-state index contributed by atoms with van der Waals surface area (Å²) in [5.74, 6) is -0.374. The molecule has 2 saturated carbocycles. The van der Waals surface area contributed by atoms with Crippen LogP contribution >= 0.6 is 0 Å². The van der Waals surface area contributed by atoms with Gasteiger partial charge >= 0.3 is 35.8 Å². The van der Waals surface area contributed by atoms with Crippen molar-refractivity contribution >= 4 is 99.6 Å². The molecule has 25 nitrogen and oxygen atoms in total. The Bertz CT molecular complexity index is 6450. The first-order valence-electron chi connectivity index (χ1n) is 49.0. The van der Waals surface area contributed by atoms with E-state index in [2.05, 4.69) is 243 Å². The summed E-state index contributed by atoms with van der Waals surface area (Å²) in [5.41, 5.74) is 7.55. The number of aryl methyl sites for hydroxylation is 8. The van der Waals surface area contributed by atoms with E-state index in [-0.39, 0.29) is 136 Å². The molecular formula is C115H110O25S6+4. The Morgan fingerprint density at radius 1 is 0.274 bits per heavy atom. The van der Waals surface area contributed by atoms with Gasteiger partial charge < -0.3 is 61.6 Å². The lowest BCUT2D eigenvalue weighted by Gasteiger charge is -2.25. The molecule has 12 aromatic carbocycles. The average Bonchev–Trinajstić information content (AvgIpc) is 1.56. The predicted octanol–water partition coefficient (Wildman–Crippen LogP) is 17.6. The van der Waals surface area contributed by atoms with Gasteiger partial charge in [-0.05, 0) is 229 Å². The van der Waals surface area contributed by atoms with Gasteiger partial charge in [0.2, 0.25) is 0 Å². The highest BCUT2D eigenvalue weighted by Crippen LogP contribution is 2.57. The van der Waals surface area contributed by atoms with E-state index in [4.69, 9.17) is 69.9 Å². The quantitative estimate of drug-likeness (QED) is 0.0190. The Morgan fingerprint density at radius 2 is 0.514 bits per heavy atom. The number of benzene rings is 12. The maximum Gasteiger partial charge on any atom is 0.344 e. The number of carbonyl (C=O) groups is 6. The molecule has 31 heteroatoms. The third kappa shape index (κ3) is 20.2. The zero-order chi connectivity index (χ0) is 101. The van der Waals surface area contributed by atoms with Gasteiger partial charge in [-0.3, -0.25) is 18.0 Å². The van der Waals surface area contributed by atoms with Crippen molar-refractivity contribution in [1.29, 1.82) is 0 Å². The molecule has 12 fully saturated rings. The van der Waals surface area contributed by atoms with Crippen molar-refractivity contribution in [3.63, 3.8) is 0 Å². The van der Waals surface area contributed by atoms with E-state index in [9.17, 15) is 45.6 Å². The van der Waals surface area contributed by atoms with E-state index >= 15 is 0 Å². The molecule has 12 aliphatic rings. The van der Waals surface area contributed by atoms with Crippen molar-refractivity contribution in [2.24, 2.45) is 23.7 Å². The van der Waals surface area contributed by atoms with Crippen LogP contribution in [0.3, 0.4) is 0 Å². The monoisotopic (exact) mass is 2080 g/mol. The predicted molar refractivity (Wildman–Crippen MR) is 543 cm³/mol. The Hall–Kier alpha value is -12.2. The smallest absolute Gasteiger partial charge is 0.344 e. The normalized spacial score (nSPS) is 26.4. The van der Waals surface area contributed by atoms with Gasteiger partial charge in [0.1, 0.15) is 64.9 Å². The lowest BCUT2D eigenvalue weighted by molar-refractivity contribution is -0.162. The molecule has 12 aromatic rings. The molecular weight excluding hydrogens is 1970 g/mol. The minimum absolute atomic E-state index is 0.0397. The number of carbonyl (C=O) groups excluding carboxylic acids is 6. The molecule has 752 valence electrons. The van der Waals surface area contributed by atoms with Gasteiger partial charge in [-0.25, -0.2) is 19.2 Å². The fourth-order valence-corrected chi connectivity index (χ4v) is 35.1. The van der Waals surface area contributed by atoms with Gasteiger partial charge in [-0.1, -0.05) is 146 Å². The molecule has 8 bridgehead atoms. The van der Waals surface area contributed by atoms with Crippen molar-refractivity contribution in [2.45, 2.75) is 242 Å². The summed E-state index contributed by atoms with van der Waals surface area (Å²) in [4.78, 5) is 89.0. The molecule has 146 heavy (non-hydrogen) atoms. The van der Waals surface area contributed by atoms with Crippen molar-refractivity contribution in [2.75, 3.05) is 26.4 Å². The Kier molecular flexibility index (Phi) is 28.8. The van der Waals surface area contributed by atoms with E-state index in [0.717, 1.165) is 55.8 Å². The SMILES string of the molecule is Cc1cc([S+](c2ccccc2)c2ccccc2)cc(C)c1OCC(=O)OC1C2CC3C(=O)OC1C3O2.Cc1cc([S+](c2ccccc2)c2ccccc2)cc(C)c1OCC(=O)OC1C2CC3C(=O)OC1C3O2.Cc1cc([S+](c2ccccc2)c2ccccc2)cc(C)c1OCC(=O)OC1C2CC3C(O2)C1OS3(=O)=O.Cc1cc([S+](c2ccccc2)c2ccccc2)cc(C)c1OCC(=O)OC1C2CC3C1OS(=O)(=O)C3C2. The second kappa shape index (κ2) is 42.2. The van der Waals surface area contributed by atoms with Crippen molar-refractivity contribution in [3.8, 4) is 23.0 Å². The lowest BCUT2D eigenvalue weighted by atomic mass is 9.88. The van der Waals surface area contributed by atoms with Gasteiger partial charge in [0.25, 0.3) is 20.2 Å². The van der Waals surface area contributed by atoms with E-state index < -0.39 is 116 Å². The Balaban J connectivity index is 0.000000114. The van der Waals surface area contributed by atoms with Crippen molar-refractivity contribution in [3.05, 3.63) is 336 Å². The third-order valence-corrected chi connectivity index (χ3v) is 40.9. The van der Waals surface area contributed by atoms with Crippen LogP contribution in [-0.2, 0) is 144 Å². The average molecular weight is 2080 g/mol. The fourth-order valence-electron chi connectivity index (χ4n) is 22.6. The number of hydrogen-bond donors (Lipinski definition) is 0. The summed E-state index contributed by atoms with van der Waals surface area (Å²) in [7, 11) is -8.31. The van der Waals surface area contributed by atoms with Crippen LogP contribution in [0.2, 0.25) is 0 Å². The van der Waals surface area contributed by atoms with Gasteiger partial charge in [0.15, 0.2) is 116 Å². The van der Waals surface area contributed by atoms with Gasteiger partial charge in [0, 0.05) is 60.4 Å². The molecule has 0 aromatic heterocycles. The maximum atomic E-state index is 12.7. The largest absolute Gasteiger partial charge is 0.481 e. The van der Waals surface area contributed by atoms with Crippen LogP contribution in [0, 0.1) is 79.1 Å². The highest BCUT2D eigenvalue weighted by atomic mass is 32.2. The van der Waals surface area contributed by atoms with Crippen molar-refractivity contribution in [1.82, 2.24) is 0 Å². The van der Waals surface area contributed by atoms with Crippen LogP contribution in [0.25, 0.3) is 0 Å². The molecule has 0 radical (unpaired) electrons. The number of hydrogen-bond acceptors (Lipinski definition) is 25. The first-order valence-corrected chi connectivity index (χ1v) is 56.8. The Labute approximate surface area is 859 Å². The molecule has 10 saturated heterocycles. The lowest BCUT2D eigenvalue weighted by Crippen LogP contribution is -2.42. The molecule has 20 unspecified atom stereocenters. The van der Waals surface area contributed by atoms with E-state index in [1.807, 2.05) is 104 Å². The molecule has 0 N–H and O–H groups in total. The highest BCUT2D eigenvalue weighted by molar-refractivity contribution is 7.98. The van der Waals surface area contributed by atoms with Crippen LogP contribution < -0.4 is 18.9 Å². The van der Waals surface area contributed by atoms with Crippen LogP contribution in [0.1, 0.15) is 76.6 Å². The summed E-state index contributed by atoms with van der Waals surface area (Å²) < 4.78 is 133. The minimum Gasteiger partial charge on any atom is -0.481 e. The van der Waals surface area contributed by atoms with E-state index in [1.165, 1.54) is 53.9 Å². The van der Waals surface area contributed by atoms with Crippen LogP contribution in [0.15, 0.2) is 350 Å².